The highest BCUT2D eigenvalue weighted by Crippen LogP contribution is 2.25. The molecule has 3 heteroatoms. The smallest absolute Gasteiger partial charge is 0.0600 e. The van der Waals surface area contributed by atoms with Crippen LogP contribution < -0.4 is 10.6 Å². The Bertz CT molecular complexity index is 372. The summed E-state index contributed by atoms with van der Waals surface area (Å²) in [5.41, 5.74) is 9.26. The average Bonchev–Trinajstić information content (AvgIpc) is 2.33. The minimum Gasteiger partial charge on any atom is -0.397 e. The van der Waals surface area contributed by atoms with E-state index in [0.717, 1.165) is 31.1 Å². The fourth-order valence-electron chi connectivity index (χ4n) is 2.42. The Labute approximate surface area is 104 Å². The van der Waals surface area contributed by atoms with Crippen LogP contribution in [0.25, 0.3) is 0 Å². The largest absolute Gasteiger partial charge is 0.397 e. The van der Waals surface area contributed by atoms with Crippen molar-refractivity contribution in [2.24, 2.45) is 5.92 Å². The van der Waals surface area contributed by atoms with Gasteiger partial charge in [-0.05, 0) is 43.4 Å². The van der Waals surface area contributed by atoms with E-state index in [0.29, 0.717) is 5.92 Å². The van der Waals surface area contributed by atoms with E-state index in [4.69, 9.17) is 10.5 Å². The third kappa shape index (κ3) is 3.13. The predicted molar refractivity (Wildman–Crippen MR) is 72.4 cm³/mol. The number of benzene rings is 1. The van der Waals surface area contributed by atoms with Gasteiger partial charge in [-0.2, -0.15) is 0 Å². The first kappa shape index (κ1) is 12.2. The molecule has 1 aromatic rings. The maximum absolute atomic E-state index is 6.02. The quantitative estimate of drug-likeness (QED) is 0.816. The van der Waals surface area contributed by atoms with Crippen molar-refractivity contribution in [3.8, 4) is 0 Å². The van der Waals surface area contributed by atoms with E-state index in [9.17, 15) is 0 Å². The van der Waals surface area contributed by atoms with Crippen LogP contribution in [0.2, 0.25) is 0 Å². The molecule has 0 radical (unpaired) electrons. The highest BCUT2D eigenvalue weighted by molar-refractivity contribution is 5.68. The summed E-state index contributed by atoms with van der Waals surface area (Å²) in [6.45, 7) is 4.93. The summed E-state index contributed by atoms with van der Waals surface area (Å²) in [5.74, 6) is 0.633. The molecular formula is C14H22N2O. The van der Waals surface area contributed by atoms with Gasteiger partial charge in [-0.3, -0.25) is 0 Å². The monoisotopic (exact) mass is 234 g/mol. The lowest BCUT2D eigenvalue weighted by Crippen LogP contribution is -2.31. The van der Waals surface area contributed by atoms with Crippen molar-refractivity contribution in [2.45, 2.75) is 19.8 Å². The summed E-state index contributed by atoms with van der Waals surface area (Å²) in [6.07, 6.45) is 2.44. The number of nitrogen functional groups attached to an aromatic ring is 1. The Hall–Kier alpha value is -1.22. The first-order valence-corrected chi connectivity index (χ1v) is 6.32. The first-order valence-electron chi connectivity index (χ1n) is 6.32. The number of ether oxygens (including phenoxy) is 1. The van der Waals surface area contributed by atoms with Gasteiger partial charge in [0.25, 0.3) is 0 Å². The standard InChI is InChI=1S/C14H22N2O/c1-11-5-6-13(15)14(8-11)16(2)9-12-4-3-7-17-10-12/h5-6,8,12H,3-4,7,9-10,15H2,1-2H3. The van der Waals surface area contributed by atoms with Crippen molar-refractivity contribution < 1.29 is 4.74 Å². The third-order valence-electron chi connectivity index (χ3n) is 3.38. The number of aryl methyl sites for hydroxylation is 1. The van der Waals surface area contributed by atoms with Gasteiger partial charge in [0.05, 0.1) is 18.0 Å². The second-order valence-corrected chi connectivity index (χ2v) is 5.03. The molecule has 0 aliphatic carbocycles. The van der Waals surface area contributed by atoms with Crippen molar-refractivity contribution in [1.29, 1.82) is 0 Å². The Kier molecular flexibility index (Phi) is 3.89. The third-order valence-corrected chi connectivity index (χ3v) is 3.38. The fraction of sp³-hybridized carbons (Fsp3) is 0.571. The molecule has 0 spiro atoms. The highest BCUT2D eigenvalue weighted by Gasteiger charge is 2.17. The summed E-state index contributed by atoms with van der Waals surface area (Å²) in [7, 11) is 2.11. The molecule has 17 heavy (non-hydrogen) atoms. The highest BCUT2D eigenvalue weighted by atomic mass is 16.5. The van der Waals surface area contributed by atoms with Crippen LogP contribution >= 0.6 is 0 Å². The minimum atomic E-state index is 0.633. The van der Waals surface area contributed by atoms with E-state index < -0.39 is 0 Å². The van der Waals surface area contributed by atoms with E-state index in [1.165, 1.54) is 18.4 Å². The summed E-state index contributed by atoms with van der Waals surface area (Å²) >= 11 is 0. The summed E-state index contributed by atoms with van der Waals surface area (Å²) in [5, 5.41) is 0. The van der Waals surface area contributed by atoms with E-state index in [1.54, 1.807) is 0 Å². The molecule has 0 bridgehead atoms. The van der Waals surface area contributed by atoms with Crippen LogP contribution in [0.3, 0.4) is 0 Å². The Morgan fingerprint density at radius 2 is 2.29 bits per heavy atom. The summed E-state index contributed by atoms with van der Waals surface area (Å²) in [4.78, 5) is 2.25. The second kappa shape index (κ2) is 5.41. The van der Waals surface area contributed by atoms with Gasteiger partial charge in [-0.15, -0.1) is 0 Å². The van der Waals surface area contributed by atoms with Crippen molar-refractivity contribution in [3.63, 3.8) is 0 Å². The summed E-state index contributed by atoms with van der Waals surface area (Å²) in [6, 6.07) is 6.19. The van der Waals surface area contributed by atoms with Crippen LogP contribution in [-0.4, -0.2) is 26.8 Å². The number of nitrogens with zero attached hydrogens (tertiary/aromatic N) is 1. The molecule has 0 amide bonds. The number of hydrogen-bond acceptors (Lipinski definition) is 3. The Morgan fingerprint density at radius 1 is 1.47 bits per heavy atom. The van der Waals surface area contributed by atoms with E-state index in [1.807, 2.05) is 6.07 Å². The van der Waals surface area contributed by atoms with E-state index in [2.05, 4.69) is 31.0 Å². The minimum absolute atomic E-state index is 0.633. The van der Waals surface area contributed by atoms with Crippen LogP contribution in [-0.2, 0) is 4.74 Å². The zero-order valence-corrected chi connectivity index (χ0v) is 10.8. The Balaban J connectivity index is 2.02. The molecule has 1 fully saturated rings. The molecule has 1 unspecified atom stereocenters. The van der Waals surface area contributed by atoms with Crippen LogP contribution in [0.15, 0.2) is 18.2 Å². The van der Waals surface area contributed by atoms with Gasteiger partial charge in [0, 0.05) is 20.2 Å². The molecule has 0 saturated carbocycles. The average molecular weight is 234 g/mol. The lowest BCUT2D eigenvalue weighted by atomic mass is 10.0. The van der Waals surface area contributed by atoms with Crippen molar-refractivity contribution >= 4 is 11.4 Å². The van der Waals surface area contributed by atoms with Gasteiger partial charge in [-0.1, -0.05) is 6.07 Å². The lowest BCUT2D eigenvalue weighted by molar-refractivity contribution is 0.0576. The van der Waals surface area contributed by atoms with Crippen LogP contribution in [0.5, 0.6) is 0 Å². The molecular weight excluding hydrogens is 212 g/mol. The number of nitrogens with two attached hydrogens (primary N) is 1. The maximum atomic E-state index is 6.02. The molecule has 0 aromatic heterocycles. The predicted octanol–water partition coefficient (Wildman–Crippen LogP) is 2.44. The van der Waals surface area contributed by atoms with Gasteiger partial charge in [-0.25, -0.2) is 0 Å². The van der Waals surface area contributed by atoms with Gasteiger partial charge < -0.3 is 15.4 Å². The van der Waals surface area contributed by atoms with Crippen molar-refractivity contribution in [2.75, 3.05) is 37.4 Å². The molecule has 1 aliphatic heterocycles. The molecule has 2 N–H and O–H groups in total. The lowest BCUT2D eigenvalue weighted by Gasteiger charge is -2.29. The SMILES string of the molecule is Cc1ccc(N)c(N(C)CC2CCCOC2)c1. The zero-order valence-electron chi connectivity index (χ0n) is 10.8. The van der Waals surface area contributed by atoms with Crippen molar-refractivity contribution in [3.05, 3.63) is 23.8 Å². The molecule has 1 aromatic carbocycles. The normalized spacial score (nSPS) is 20.2. The fourth-order valence-corrected chi connectivity index (χ4v) is 2.42. The number of rotatable bonds is 3. The molecule has 1 aliphatic rings. The molecule has 1 saturated heterocycles. The topological polar surface area (TPSA) is 38.5 Å². The van der Waals surface area contributed by atoms with Crippen LogP contribution in [0.1, 0.15) is 18.4 Å². The summed E-state index contributed by atoms with van der Waals surface area (Å²) < 4.78 is 5.51. The van der Waals surface area contributed by atoms with Gasteiger partial charge in [0.1, 0.15) is 0 Å². The van der Waals surface area contributed by atoms with E-state index >= 15 is 0 Å². The zero-order chi connectivity index (χ0) is 12.3. The Morgan fingerprint density at radius 3 is 3.00 bits per heavy atom. The molecule has 1 heterocycles. The van der Waals surface area contributed by atoms with E-state index in [-0.39, 0.29) is 0 Å². The number of hydrogen-bond donors (Lipinski definition) is 1. The molecule has 94 valence electrons. The van der Waals surface area contributed by atoms with Crippen molar-refractivity contribution in [1.82, 2.24) is 0 Å². The maximum Gasteiger partial charge on any atom is 0.0600 e. The number of anilines is 2. The molecule has 3 nitrogen and oxygen atoms in total. The second-order valence-electron chi connectivity index (χ2n) is 5.03. The van der Waals surface area contributed by atoms with Gasteiger partial charge in [0.2, 0.25) is 0 Å². The van der Waals surface area contributed by atoms with Crippen LogP contribution in [0.4, 0.5) is 11.4 Å². The van der Waals surface area contributed by atoms with Gasteiger partial charge >= 0.3 is 0 Å². The first-order chi connectivity index (χ1) is 8.16. The van der Waals surface area contributed by atoms with Gasteiger partial charge in [0.15, 0.2) is 0 Å². The molecule has 2 rings (SSSR count). The van der Waals surface area contributed by atoms with Crippen LogP contribution in [0, 0.1) is 12.8 Å². The molecule has 1 atom stereocenters.